The number of nitrogens with zero attached hydrogens (tertiary/aromatic N) is 3. The van der Waals surface area contributed by atoms with Gasteiger partial charge in [0.2, 0.25) is 0 Å². The van der Waals surface area contributed by atoms with Crippen molar-refractivity contribution in [2.75, 3.05) is 13.1 Å². The number of H-pyrrole nitrogens is 1. The normalized spacial score (nSPS) is 20.7. The summed E-state index contributed by atoms with van der Waals surface area (Å²) in [6.07, 6.45) is 3.00. The molecule has 4 heterocycles. The zero-order valence-electron chi connectivity index (χ0n) is 17.6. The molecule has 2 unspecified atom stereocenters. The molecule has 0 amide bonds. The van der Waals surface area contributed by atoms with Gasteiger partial charge in [-0.1, -0.05) is 36.4 Å². The highest BCUT2D eigenvalue weighted by Gasteiger charge is 2.31. The Kier molecular flexibility index (Phi) is 5.06. The Balaban J connectivity index is 1.44. The van der Waals surface area contributed by atoms with Crippen LogP contribution in [-0.4, -0.2) is 43.6 Å². The summed E-state index contributed by atoms with van der Waals surface area (Å²) in [5.41, 5.74) is 11.4. The Labute approximate surface area is 181 Å². The molecule has 158 valence electrons. The first-order chi connectivity index (χ1) is 15.0. The van der Waals surface area contributed by atoms with Gasteiger partial charge in [-0.15, -0.1) is 0 Å². The Bertz CT molecular complexity index is 1200. The number of pyridine rings is 2. The molecule has 1 aliphatic heterocycles. The molecule has 4 aromatic rings. The van der Waals surface area contributed by atoms with Crippen molar-refractivity contribution in [1.29, 1.82) is 0 Å². The van der Waals surface area contributed by atoms with Crippen molar-refractivity contribution >= 4 is 11.0 Å². The number of benzene rings is 1. The van der Waals surface area contributed by atoms with E-state index in [-0.39, 0.29) is 5.54 Å². The number of likely N-dealkylation sites (tertiary alicyclic amines) is 1. The molecule has 0 saturated carbocycles. The Morgan fingerprint density at radius 2 is 1.94 bits per heavy atom. The van der Waals surface area contributed by atoms with Gasteiger partial charge >= 0.3 is 0 Å². The van der Waals surface area contributed by atoms with Crippen molar-refractivity contribution in [3.63, 3.8) is 0 Å². The zero-order chi connectivity index (χ0) is 21.4. The Morgan fingerprint density at radius 1 is 1.10 bits per heavy atom. The lowest BCUT2D eigenvalue weighted by Crippen LogP contribution is -2.53. The fourth-order valence-electron chi connectivity index (χ4n) is 4.39. The lowest BCUT2D eigenvalue weighted by atomic mass is 9.92. The molecule has 4 N–H and O–H groups in total. The van der Waals surface area contributed by atoms with Crippen LogP contribution in [0.15, 0.2) is 66.9 Å². The van der Waals surface area contributed by atoms with E-state index in [0.717, 1.165) is 52.9 Å². The molecule has 3 aromatic heterocycles. The number of nitrogens with two attached hydrogens (primary N) is 1. The maximum absolute atomic E-state index is 10.9. The smallest absolute Gasteiger partial charge is 0.150 e. The quantitative estimate of drug-likeness (QED) is 0.469. The van der Waals surface area contributed by atoms with Crippen molar-refractivity contribution in [2.24, 2.45) is 5.73 Å². The lowest BCUT2D eigenvalue weighted by Gasteiger charge is -2.40. The van der Waals surface area contributed by atoms with Gasteiger partial charge in [0.15, 0.2) is 6.23 Å². The van der Waals surface area contributed by atoms with E-state index < -0.39 is 6.23 Å². The topological polar surface area (TPSA) is 91.1 Å². The third-order valence-electron chi connectivity index (χ3n) is 5.99. The molecule has 0 bridgehead atoms. The summed E-state index contributed by atoms with van der Waals surface area (Å²) >= 11 is 0. The summed E-state index contributed by atoms with van der Waals surface area (Å²) in [6.45, 7) is 3.51. The second-order valence-electron chi connectivity index (χ2n) is 8.76. The average molecular weight is 414 g/mol. The predicted molar refractivity (Wildman–Crippen MR) is 123 cm³/mol. The minimum atomic E-state index is -0.767. The highest BCUT2D eigenvalue weighted by atomic mass is 16.3. The minimum Gasteiger partial charge on any atom is -0.372 e. The standard InChI is InChI=1S/C25H27N5O/c1-25(26)11-6-12-30(16-25)24(31)21-10-5-9-20(28-21)19-13-18-14-22(29-23(18)27-15-19)17-7-3-2-4-8-17/h2-5,7-10,13-15,24,31H,6,11-12,16,26H2,1H3,(H,27,29). The number of aliphatic hydroxyl groups excluding tert-OH is 1. The van der Waals surface area contributed by atoms with Crippen molar-refractivity contribution < 1.29 is 5.11 Å². The maximum Gasteiger partial charge on any atom is 0.150 e. The summed E-state index contributed by atoms with van der Waals surface area (Å²) < 4.78 is 0. The van der Waals surface area contributed by atoms with Crippen LogP contribution in [0.5, 0.6) is 0 Å². The molecular formula is C25H27N5O. The number of nitrogens with one attached hydrogen (secondary N) is 1. The molecule has 1 aromatic carbocycles. The van der Waals surface area contributed by atoms with Crippen LogP contribution in [0.4, 0.5) is 0 Å². The van der Waals surface area contributed by atoms with E-state index in [1.54, 1.807) is 0 Å². The van der Waals surface area contributed by atoms with E-state index in [9.17, 15) is 5.11 Å². The fourth-order valence-corrected chi connectivity index (χ4v) is 4.39. The SMILES string of the molecule is CC1(N)CCCN(C(O)c2cccc(-c3cnc4[nH]c(-c5ccccc5)cc4c3)n2)C1. The molecule has 0 spiro atoms. The van der Waals surface area contributed by atoms with Gasteiger partial charge in [-0.2, -0.15) is 0 Å². The molecule has 5 rings (SSSR count). The second kappa shape index (κ2) is 7.89. The number of rotatable bonds is 4. The molecule has 0 aliphatic carbocycles. The molecular weight excluding hydrogens is 386 g/mol. The van der Waals surface area contributed by atoms with Gasteiger partial charge in [0, 0.05) is 41.5 Å². The van der Waals surface area contributed by atoms with Crippen molar-refractivity contribution in [3.8, 4) is 22.5 Å². The molecule has 2 atom stereocenters. The summed E-state index contributed by atoms with van der Waals surface area (Å²) in [7, 11) is 0. The second-order valence-corrected chi connectivity index (χ2v) is 8.76. The van der Waals surface area contributed by atoms with Crippen molar-refractivity contribution in [3.05, 3.63) is 72.6 Å². The number of hydrogen-bond donors (Lipinski definition) is 3. The van der Waals surface area contributed by atoms with E-state index in [1.807, 2.05) is 54.4 Å². The van der Waals surface area contributed by atoms with Crippen LogP contribution in [0.3, 0.4) is 0 Å². The number of aromatic nitrogens is 3. The highest BCUT2D eigenvalue weighted by Crippen LogP contribution is 2.29. The molecule has 1 fully saturated rings. The van der Waals surface area contributed by atoms with E-state index in [4.69, 9.17) is 10.7 Å². The largest absolute Gasteiger partial charge is 0.372 e. The Morgan fingerprint density at radius 3 is 2.74 bits per heavy atom. The first-order valence-electron chi connectivity index (χ1n) is 10.7. The van der Waals surface area contributed by atoms with Crippen LogP contribution in [0.1, 0.15) is 31.7 Å². The first-order valence-corrected chi connectivity index (χ1v) is 10.7. The van der Waals surface area contributed by atoms with Gasteiger partial charge in [0.05, 0.1) is 11.4 Å². The number of aromatic amines is 1. The summed E-state index contributed by atoms with van der Waals surface area (Å²) in [5, 5.41) is 12.0. The van der Waals surface area contributed by atoms with E-state index in [1.165, 1.54) is 0 Å². The van der Waals surface area contributed by atoms with Gasteiger partial charge < -0.3 is 15.8 Å². The Hall–Kier alpha value is -3.06. The monoisotopic (exact) mass is 413 g/mol. The van der Waals surface area contributed by atoms with Crippen LogP contribution >= 0.6 is 0 Å². The summed E-state index contributed by atoms with van der Waals surface area (Å²) in [5.74, 6) is 0. The summed E-state index contributed by atoms with van der Waals surface area (Å²) in [6, 6.07) is 20.1. The third-order valence-corrected chi connectivity index (χ3v) is 5.99. The van der Waals surface area contributed by atoms with Crippen molar-refractivity contribution in [2.45, 2.75) is 31.5 Å². The van der Waals surface area contributed by atoms with Crippen LogP contribution in [0, 0.1) is 0 Å². The van der Waals surface area contributed by atoms with E-state index >= 15 is 0 Å². The highest BCUT2D eigenvalue weighted by molar-refractivity contribution is 5.86. The predicted octanol–water partition coefficient (Wildman–Crippen LogP) is 4.10. The zero-order valence-corrected chi connectivity index (χ0v) is 17.6. The minimum absolute atomic E-state index is 0.281. The van der Waals surface area contributed by atoms with Gasteiger partial charge in [-0.3, -0.25) is 4.90 Å². The summed E-state index contributed by atoms with van der Waals surface area (Å²) in [4.78, 5) is 14.7. The number of hydrogen-bond acceptors (Lipinski definition) is 5. The van der Waals surface area contributed by atoms with Crippen LogP contribution < -0.4 is 5.73 Å². The molecule has 0 radical (unpaired) electrons. The van der Waals surface area contributed by atoms with Crippen LogP contribution in [0.2, 0.25) is 0 Å². The van der Waals surface area contributed by atoms with E-state index in [0.29, 0.717) is 12.2 Å². The number of aliphatic hydroxyl groups is 1. The average Bonchev–Trinajstić information content (AvgIpc) is 3.22. The van der Waals surface area contributed by atoms with Crippen molar-refractivity contribution in [1.82, 2.24) is 19.9 Å². The first kappa shape index (κ1) is 19.9. The van der Waals surface area contributed by atoms with Crippen LogP contribution in [-0.2, 0) is 0 Å². The molecule has 31 heavy (non-hydrogen) atoms. The van der Waals surface area contributed by atoms with E-state index in [2.05, 4.69) is 34.2 Å². The van der Waals surface area contributed by atoms with Crippen LogP contribution in [0.25, 0.3) is 33.5 Å². The molecule has 1 aliphatic rings. The van der Waals surface area contributed by atoms with Gasteiger partial charge in [0.1, 0.15) is 5.65 Å². The number of fused-ring (bicyclic) bond motifs is 1. The van der Waals surface area contributed by atoms with Gasteiger partial charge in [0.25, 0.3) is 0 Å². The fraction of sp³-hybridized carbons (Fsp3) is 0.280. The van der Waals surface area contributed by atoms with Gasteiger partial charge in [-0.05, 0) is 49.6 Å². The maximum atomic E-state index is 10.9. The lowest BCUT2D eigenvalue weighted by molar-refractivity contribution is -0.0296. The molecule has 6 nitrogen and oxygen atoms in total. The molecule has 1 saturated heterocycles. The number of piperidine rings is 1. The third kappa shape index (κ3) is 4.10. The van der Waals surface area contributed by atoms with Gasteiger partial charge in [-0.25, -0.2) is 9.97 Å². The molecule has 6 heteroatoms.